The molecule has 0 fully saturated rings. The fraction of sp³-hybridized carbons (Fsp3) is 0.250. The van der Waals surface area contributed by atoms with Crippen LogP contribution in [0.3, 0.4) is 0 Å². The Kier molecular flexibility index (Phi) is 4.93. The van der Waals surface area contributed by atoms with Gasteiger partial charge in [-0.25, -0.2) is 10.4 Å². The summed E-state index contributed by atoms with van der Waals surface area (Å²) in [7, 11) is 0. The highest BCUT2D eigenvalue weighted by Gasteiger charge is 2.09. The van der Waals surface area contributed by atoms with Crippen LogP contribution in [0, 0.1) is 6.92 Å². The number of nitrogens with one attached hydrogen (secondary N) is 1. The van der Waals surface area contributed by atoms with Crippen molar-refractivity contribution in [2.24, 2.45) is 5.10 Å². The fourth-order valence-corrected chi connectivity index (χ4v) is 2.76. The molecule has 0 atom stereocenters. The second-order valence-electron chi connectivity index (χ2n) is 5.89. The maximum atomic E-state index is 12.6. The Balaban J connectivity index is 2.01. The van der Waals surface area contributed by atoms with Crippen LogP contribution in [0.25, 0.3) is 10.9 Å². The van der Waals surface area contributed by atoms with E-state index < -0.39 is 0 Å². The summed E-state index contributed by atoms with van der Waals surface area (Å²) >= 11 is 0. The molecule has 5 heteroatoms. The molecule has 1 N–H and O–H groups in total. The van der Waals surface area contributed by atoms with E-state index in [9.17, 15) is 4.79 Å². The Bertz CT molecular complexity index is 971. The maximum Gasteiger partial charge on any atom is 0.262 e. The Morgan fingerprint density at radius 1 is 1.12 bits per heavy atom. The van der Waals surface area contributed by atoms with Crippen LogP contribution >= 0.6 is 0 Å². The largest absolute Gasteiger partial charge is 0.277 e. The molecule has 2 aromatic carbocycles. The molecule has 0 spiro atoms. The van der Waals surface area contributed by atoms with E-state index in [1.54, 1.807) is 10.6 Å². The van der Waals surface area contributed by atoms with E-state index >= 15 is 0 Å². The molecule has 1 heterocycles. The molecule has 0 amide bonds. The van der Waals surface area contributed by atoms with Gasteiger partial charge in [-0.2, -0.15) is 5.10 Å². The van der Waals surface area contributed by atoms with Gasteiger partial charge in [-0.05, 0) is 38.0 Å². The molecule has 128 valence electrons. The van der Waals surface area contributed by atoms with Crippen molar-refractivity contribution in [1.82, 2.24) is 9.55 Å². The molecular formula is C20H22N4O. The van der Waals surface area contributed by atoms with Crippen molar-refractivity contribution in [3.05, 3.63) is 70.0 Å². The van der Waals surface area contributed by atoms with Crippen LogP contribution < -0.4 is 11.0 Å². The van der Waals surface area contributed by atoms with E-state index in [4.69, 9.17) is 0 Å². The number of benzene rings is 2. The lowest BCUT2D eigenvalue weighted by atomic mass is 10.1. The van der Waals surface area contributed by atoms with E-state index in [0.29, 0.717) is 23.4 Å². The maximum absolute atomic E-state index is 12.6. The molecule has 0 unspecified atom stereocenters. The molecule has 5 nitrogen and oxygen atoms in total. The van der Waals surface area contributed by atoms with Gasteiger partial charge < -0.3 is 0 Å². The highest BCUT2D eigenvalue weighted by molar-refractivity contribution is 6.00. The molecule has 1 aromatic heterocycles. The summed E-state index contributed by atoms with van der Waals surface area (Å²) in [6, 6.07) is 15.6. The Morgan fingerprint density at radius 3 is 2.52 bits per heavy atom. The molecule has 0 saturated heterocycles. The van der Waals surface area contributed by atoms with Crippen molar-refractivity contribution >= 4 is 22.6 Å². The first kappa shape index (κ1) is 16.9. The lowest BCUT2D eigenvalue weighted by molar-refractivity contribution is 0.724. The fourth-order valence-electron chi connectivity index (χ4n) is 2.76. The standard InChI is InChI=1S/C20H22N4O/c1-4-17(15-12-10-14(3)11-13-15)22-23-20-21-18-9-7-6-8-16(18)19(25)24(20)5-2/h6-13H,4-5H2,1-3H3,(H,21,23)/b22-17-. The van der Waals surface area contributed by atoms with E-state index in [2.05, 4.69) is 53.6 Å². The monoisotopic (exact) mass is 334 g/mol. The Hall–Kier alpha value is -2.95. The lowest BCUT2D eigenvalue weighted by Gasteiger charge is -2.12. The number of fused-ring (bicyclic) bond motifs is 1. The predicted molar refractivity (Wildman–Crippen MR) is 103 cm³/mol. The minimum Gasteiger partial charge on any atom is -0.277 e. The SMILES string of the molecule is CC/C(=N/Nc1nc2ccccc2c(=O)n1CC)c1ccc(C)cc1. The second kappa shape index (κ2) is 7.30. The zero-order chi connectivity index (χ0) is 17.8. The molecule has 25 heavy (non-hydrogen) atoms. The smallest absolute Gasteiger partial charge is 0.262 e. The first-order valence-corrected chi connectivity index (χ1v) is 8.53. The summed E-state index contributed by atoms with van der Waals surface area (Å²) in [6.07, 6.45) is 0.778. The number of aryl methyl sites for hydroxylation is 1. The second-order valence-corrected chi connectivity index (χ2v) is 5.89. The van der Waals surface area contributed by atoms with Gasteiger partial charge in [0.15, 0.2) is 0 Å². The molecule has 0 aliphatic heterocycles. The quantitative estimate of drug-likeness (QED) is 0.568. The first-order valence-electron chi connectivity index (χ1n) is 8.53. The average Bonchev–Trinajstić information content (AvgIpc) is 2.64. The zero-order valence-electron chi connectivity index (χ0n) is 14.8. The Morgan fingerprint density at radius 2 is 1.84 bits per heavy atom. The lowest BCUT2D eigenvalue weighted by Crippen LogP contribution is -2.23. The number of anilines is 1. The third kappa shape index (κ3) is 3.45. The Labute approximate surface area is 147 Å². The number of nitrogens with zero attached hydrogens (tertiary/aromatic N) is 3. The average molecular weight is 334 g/mol. The summed E-state index contributed by atoms with van der Waals surface area (Å²) in [5.41, 5.74) is 6.81. The number of hydrogen-bond acceptors (Lipinski definition) is 4. The van der Waals surface area contributed by atoms with Gasteiger partial charge in [0.1, 0.15) is 0 Å². The van der Waals surface area contributed by atoms with E-state index in [0.717, 1.165) is 17.7 Å². The molecule has 3 rings (SSSR count). The minimum absolute atomic E-state index is 0.0563. The molecule has 0 aliphatic carbocycles. The summed E-state index contributed by atoms with van der Waals surface area (Å²) in [4.78, 5) is 17.2. The molecule has 0 saturated carbocycles. The van der Waals surface area contributed by atoms with E-state index in [1.165, 1.54) is 5.56 Å². The van der Waals surface area contributed by atoms with Gasteiger partial charge in [-0.3, -0.25) is 9.36 Å². The van der Waals surface area contributed by atoms with E-state index in [1.807, 2.05) is 25.1 Å². The summed E-state index contributed by atoms with van der Waals surface area (Å²) in [5, 5.41) is 5.13. The van der Waals surface area contributed by atoms with Crippen LogP contribution in [0.2, 0.25) is 0 Å². The molecule has 0 bridgehead atoms. The number of hydrogen-bond donors (Lipinski definition) is 1. The van der Waals surface area contributed by atoms with Crippen molar-refractivity contribution in [1.29, 1.82) is 0 Å². The van der Waals surface area contributed by atoms with Gasteiger partial charge in [0.05, 0.1) is 16.6 Å². The molecule has 3 aromatic rings. The summed E-state index contributed by atoms with van der Waals surface area (Å²) < 4.78 is 1.61. The van der Waals surface area contributed by atoms with Crippen LogP contribution in [0.5, 0.6) is 0 Å². The van der Waals surface area contributed by atoms with Crippen LogP contribution in [-0.2, 0) is 6.54 Å². The van der Waals surface area contributed by atoms with Crippen molar-refractivity contribution < 1.29 is 0 Å². The minimum atomic E-state index is -0.0563. The number of hydrazone groups is 1. The van der Waals surface area contributed by atoms with Gasteiger partial charge >= 0.3 is 0 Å². The van der Waals surface area contributed by atoms with Crippen LogP contribution in [0.15, 0.2) is 58.4 Å². The van der Waals surface area contributed by atoms with E-state index in [-0.39, 0.29) is 5.56 Å². The topological polar surface area (TPSA) is 59.3 Å². The van der Waals surface area contributed by atoms with Crippen LogP contribution in [0.4, 0.5) is 5.95 Å². The summed E-state index contributed by atoms with van der Waals surface area (Å²) in [6.45, 7) is 6.57. The third-order valence-corrected chi connectivity index (χ3v) is 4.19. The molecule has 0 aliphatic rings. The van der Waals surface area contributed by atoms with Gasteiger partial charge in [0.2, 0.25) is 5.95 Å². The van der Waals surface area contributed by atoms with Gasteiger partial charge in [0, 0.05) is 6.54 Å². The van der Waals surface area contributed by atoms with Crippen molar-refractivity contribution in [3.63, 3.8) is 0 Å². The van der Waals surface area contributed by atoms with Gasteiger partial charge in [-0.15, -0.1) is 0 Å². The third-order valence-electron chi connectivity index (χ3n) is 4.19. The molecule has 0 radical (unpaired) electrons. The predicted octanol–water partition coefficient (Wildman–Crippen LogP) is 3.95. The normalized spacial score (nSPS) is 11.7. The number of rotatable bonds is 5. The molecular weight excluding hydrogens is 312 g/mol. The highest BCUT2D eigenvalue weighted by Crippen LogP contribution is 2.12. The van der Waals surface area contributed by atoms with Crippen molar-refractivity contribution in [2.75, 3.05) is 5.43 Å². The van der Waals surface area contributed by atoms with Crippen LogP contribution in [0.1, 0.15) is 31.4 Å². The van der Waals surface area contributed by atoms with Crippen molar-refractivity contribution in [2.45, 2.75) is 33.7 Å². The van der Waals surface area contributed by atoms with Crippen molar-refractivity contribution in [3.8, 4) is 0 Å². The summed E-state index contributed by atoms with van der Waals surface area (Å²) in [5.74, 6) is 0.462. The zero-order valence-corrected chi connectivity index (χ0v) is 14.8. The van der Waals surface area contributed by atoms with Crippen LogP contribution in [-0.4, -0.2) is 15.3 Å². The number of para-hydroxylation sites is 1. The highest BCUT2D eigenvalue weighted by atomic mass is 16.1. The number of aromatic nitrogens is 2. The first-order chi connectivity index (χ1) is 12.1. The van der Waals surface area contributed by atoms with Gasteiger partial charge in [0.25, 0.3) is 5.56 Å². The van der Waals surface area contributed by atoms with Gasteiger partial charge in [-0.1, -0.05) is 48.9 Å².